The van der Waals surface area contributed by atoms with Gasteiger partial charge in [0, 0.05) is 15.1 Å². The molecule has 1 N–H and O–H groups in total. The molecule has 0 fully saturated rings. The second kappa shape index (κ2) is 6.78. The summed E-state index contributed by atoms with van der Waals surface area (Å²) in [6.45, 7) is 1.99. The van der Waals surface area contributed by atoms with Crippen LogP contribution in [0.3, 0.4) is 0 Å². The first kappa shape index (κ1) is 15.6. The molecule has 0 radical (unpaired) electrons. The maximum Gasteiger partial charge on any atom is 0.123 e. The number of rotatable bonds is 4. The molecule has 0 aliphatic carbocycles. The molecule has 0 saturated carbocycles. The third kappa shape index (κ3) is 3.65. The number of likely N-dealkylation sites (N-methyl/N-ethyl adjacent to an activating group) is 1. The molecule has 0 aliphatic heterocycles. The number of hydrogen-bond donors (Lipinski definition) is 1. The van der Waals surface area contributed by atoms with Crippen LogP contribution in [-0.4, -0.2) is 12.0 Å². The van der Waals surface area contributed by atoms with Crippen molar-refractivity contribution in [3.05, 3.63) is 62.0 Å². The number of pyridine rings is 1. The standard InChI is InChI=1S/C15H15Br2FN2/c1-9-3-4-12(18)5-10(9)6-14(19-2)15-13(17)7-11(16)8-20-15/h3-5,7-8,14,19H,6H2,1-2H3. The highest BCUT2D eigenvalue weighted by Gasteiger charge is 2.16. The lowest BCUT2D eigenvalue weighted by molar-refractivity contribution is 0.566. The summed E-state index contributed by atoms with van der Waals surface area (Å²) in [5.74, 6) is -0.205. The number of nitrogens with one attached hydrogen (secondary N) is 1. The van der Waals surface area contributed by atoms with E-state index < -0.39 is 0 Å². The Kier molecular flexibility index (Phi) is 5.29. The van der Waals surface area contributed by atoms with Crippen LogP contribution >= 0.6 is 31.9 Å². The van der Waals surface area contributed by atoms with Crippen LogP contribution in [-0.2, 0) is 6.42 Å². The van der Waals surface area contributed by atoms with Crippen LogP contribution in [0.15, 0.2) is 39.4 Å². The van der Waals surface area contributed by atoms with Gasteiger partial charge in [0.1, 0.15) is 5.82 Å². The van der Waals surface area contributed by atoms with E-state index in [0.717, 1.165) is 25.8 Å². The minimum absolute atomic E-state index is 0.0259. The first-order valence-corrected chi connectivity index (χ1v) is 7.83. The largest absolute Gasteiger partial charge is 0.311 e. The first-order valence-electron chi connectivity index (χ1n) is 6.24. The second-order valence-electron chi connectivity index (χ2n) is 4.64. The van der Waals surface area contributed by atoms with Crippen molar-refractivity contribution >= 4 is 31.9 Å². The summed E-state index contributed by atoms with van der Waals surface area (Å²) in [6.07, 6.45) is 2.45. The Balaban J connectivity index is 2.31. The highest BCUT2D eigenvalue weighted by atomic mass is 79.9. The molecule has 2 aromatic rings. The van der Waals surface area contributed by atoms with E-state index in [1.54, 1.807) is 18.3 Å². The molecule has 0 saturated heterocycles. The minimum Gasteiger partial charge on any atom is -0.311 e. The maximum absolute atomic E-state index is 13.4. The molecule has 2 nitrogen and oxygen atoms in total. The Morgan fingerprint density at radius 3 is 2.70 bits per heavy atom. The Hall–Kier alpha value is -0.780. The molecule has 1 aromatic heterocycles. The molecule has 106 valence electrons. The molecule has 0 amide bonds. The topological polar surface area (TPSA) is 24.9 Å². The maximum atomic E-state index is 13.4. The fraction of sp³-hybridized carbons (Fsp3) is 0.267. The monoisotopic (exact) mass is 400 g/mol. The van der Waals surface area contributed by atoms with Gasteiger partial charge < -0.3 is 5.32 Å². The van der Waals surface area contributed by atoms with E-state index in [2.05, 4.69) is 42.2 Å². The van der Waals surface area contributed by atoms with Crippen LogP contribution in [0.4, 0.5) is 4.39 Å². The normalized spacial score (nSPS) is 12.4. The van der Waals surface area contributed by atoms with Gasteiger partial charge in [0.2, 0.25) is 0 Å². The molecule has 5 heteroatoms. The van der Waals surface area contributed by atoms with Crippen LogP contribution in [0.25, 0.3) is 0 Å². The predicted octanol–water partition coefficient (Wildman–Crippen LogP) is 4.56. The molecule has 1 aromatic carbocycles. The number of aryl methyl sites for hydroxylation is 1. The third-order valence-corrected chi connectivity index (χ3v) is 4.32. The fourth-order valence-electron chi connectivity index (χ4n) is 2.10. The second-order valence-corrected chi connectivity index (χ2v) is 6.41. The SMILES string of the molecule is CNC(Cc1cc(F)ccc1C)c1ncc(Br)cc1Br. The molecule has 20 heavy (non-hydrogen) atoms. The van der Waals surface area contributed by atoms with Crippen molar-refractivity contribution in [2.24, 2.45) is 0 Å². The zero-order valence-corrected chi connectivity index (χ0v) is 14.4. The Bertz CT molecular complexity index is 617. The van der Waals surface area contributed by atoms with Crippen molar-refractivity contribution < 1.29 is 4.39 Å². The number of aromatic nitrogens is 1. The molecular weight excluding hydrogens is 387 g/mol. The van der Waals surface area contributed by atoms with Crippen LogP contribution in [0.1, 0.15) is 22.9 Å². The molecule has 0 aliphatic rings. The van der Waals surface area contributed by atoms with Gasteiger partial charge in [-0.3, -0.25) is 4.98 Å². The van der Waals surface area contributed by atoms with Gasteiger partial charge in [0.15, 0.2) is 0 Å². The molecule has 2 rings (SSSR count). The van der Waals surface area contributed by atoms with Gasteiger partial charge in [-0.2, -0.15) is 0 Å². The summed E-state index contributed by atoms with van der Waals surface area (Å²) in [5, 5.41) is 3.24. The van der Waals surface area contributed by atoms with E-state index in [-0.39, 0.29) is 11.9 Å². The predicted molar refractivity (Wildman–Crippen MR) is 86.3 cm³/mol. The summed E-state index contributed by atoms with van der Waals surface area (Å²) in [4.78, 5) is 4.45. The number of hydrogen-bond acceptors (Lipinski definition) is 2. The first-order chi connectivity index (χ1) is 9.51. The molecule has 0 bridgehead atoms. The van der Waals surface area contributed by atoms with Crippen molar-refractivity contribution in [3.63, 3.8) is 0 Å². The van der Waals surface area contributed by atoms with Gasteiger partial charge in [-0.1, -0.05) is 6.07 Å². The van der Waals surface area contributed by atoms with Gasteiger partial charge in [-0.25, -0.2) is 4.39 Å². The number of halogens is 3. The lowest BCUT2D eigenvalue weighted by Crippen LogP contribution is -2.21. The van der Waals surface area contributed by atoms with Crippen molar-refractivity contribution in [3.8, 4) is 0 Å². The molecule has 0 spiro atoms. The Morgan fingerprint density at radius 2 is 2.05 bits per heavy atom. The van der Waals surface area contributed by atoms with Gasteiger partial charge in [-0.05, 0) is 81.6 Å². The average Bonchev–Trinajstić information content (AvgIpc) is 2.40. The van der Waals surface area contributed by atoms with E-state index in [0.29, 0.717) is 6.42 Å². The van der Waals surface area contributed by atoms with E-state index in [1.165, 1.54) is 6.07 Å². The summed E-state index contributed by atoms with van der Waals surface area (Å²) in [5.41, 5.74) is 2.99. The fourth-order valence-corrected chi connectivity index (χ4v) is 3.36. The van der Waals surface area contributed by atoms with E-state index in [9.17, 15) is 4.39 Å². The Labute approximate surface area is 135 Å². The molecular formula is C15H15Br2FN2. The third-order valence-electron chi connectivity index (χ3n) is 3.25. The van der Waals surface area contributed by atoms with Crippen LogP contribution in [0.5, 0.6) is 0 Å². The summed E-state index contributed by atoms with van der Waals surface area (Å²) >= 11 is 6.92. The number of benzene rings is 1. The Morgan fingerprint density at radius 1 is 1.30 bits per heavy atom. The van der Waals surface area contributed by atoms with Crippen molar-refractivity contribution in [2.45, 2.75) is 19.4 Å². The van der Waals surface area contributed by atoms with E-state index in [1.807, 2.05) is 20.0 Å². The lowest BCUT2D eigenvalue weighted by atomic mass is 9.99. The van der Waals surface area contributed by atoms with E-state index >= 15 is 0 Å². The molecule has 1 unspecified atom stereocenters. The highest BCUT2D eigenvalue weighted by molar-refractivity contribution is 9.11. The average molecular weight is 402 g/mol. The quantitative estimate of drug-likeness (QED) is 0.812. The van der Waals surface area contributed by atoms with Crippen LogP contribution in [0.2, 0.25) is 0 Å². The van der Waals surface area contributed by atoms with Gasteiger partial charge in [-0.15, -0.1) is 0 Å². The smallest absolute Gasteiger partial charge is 0.123 e. The van der Waals surface area contributed by atoms with Crippen LogP contribution < -0.4 is 5.32 Å². The molecule has 1 heterocycles. The zero-order chi connectivity index (χ0) is 14.7. The van der Waals surface area contributed by atoms with E-state index in [4.69, 9.17) is 0 Å². The van der Waals surface area contributed by atoms with Crippen molar-refractivity contribution in [2.75, 3.05) is 7.05 Å². The zero-order valence-electron chi connectivity index (χ0n) is 11.3. The van der Waals surface area contributed by atoms with Gasteiger partial charge in [0.25, 0.3) is 0 Å². The summed E-state index contributed by atoms with van der Waals surface area (Å²) in [6, 6.07) is 6.87. The highest BCUT2D eigenvalue weighted by Crippen LogP contribution is 2.27. The van der Waals surface area contributed by atoms with Gasteiger partial charge in [0.05, 0.1) is 11.7 Å². The molecule has 1 atom stereocenters. The van der Waals surface area contributed by atoms with Gasteiger partial charge >= 0.3 is 0 Å². The lowest BCUT2D eigenvalue weighted by Gasteiger charge is -2.18. The van der Waals surface area contributed by atoms with Crippen molar-refractivity contribution in [1.82, 2.24) is 10.3 Å². The minimum atomic E-state index is -0.205. The summed E-state index contributed by atoms with van der Waals surface area (Å²) < 4.78 is 15.2. The van der Waals surface area contributed by atoms with Crippen molar-refractivity contribution in [1.29, 1.82) is 0 Å². The number of nitrogens with zero attached hydrogens (tertiary/aromatic N) is 1. The summed E-state index contributed by atoms with van der Waals surface area (Å²) in [7, 11) is 1.88. The van der Waals surface area contributed by atoms with Crippen LogP contribution in [0, 0.1) is 12.7 Å².